The fraction of sp³-hybridized carbons (Fsp3) is 0.783. The minimum absolute atomic E-state index is 0.0516. The third-order valence-electron chi connectivity index (χ3n) is 8.93. The normalized spacial score (nSPS) is 47.7. The van der Waals surface area contributed by atoms with Crippen molar-refractivity contribution in [2.45, 2.75) is 72.6 Å². The van der Waals surface area contributed by atoms with Crippen molar-refractivity contribution in [3.05, 3.63) is 11.6 Å². The zero-order chi connectivity index (χ0) is 18.9. The average Bonchev–Trinajstić information content (AvgIpc) is 2.89. The van der Waals surface area contributed by atoms with Crippen LogP contribution in [0.2, 0.25) is 0 Å². The van der Waals surface area contributed by atoms with Gasteiger partial charge in [0.05, 0.1) is 0 Å². The van der Waals surface area contributed by atoms with Crippen LogP contribution in [0.15, 0.2) is 11.6 Å². The second-order valence-corrected chi connectivity index (χ2v) is 9.98. The van der Waals surface area contributed by atoms with E-state index in [-0.39, 0.29) is 28.3 Å². The van der Waals surface area contributed by atoms with Gasteiger partial charge < -0.3 is 0 Å². The van der Waals surface area contributed by atoms with E-state index in [4.69, 9.17) is 0 Å². The Hall–Kier alpha value is -1.25. The van der Waals surface area contributed by atoms with Crippen molar-refractivity contribution in [1.82, 2.24) is 0 Å². The van der Waals surface area contributed by atoms with Crippen LogP contribution >= 0.6 is 0 Å². The van der Waals surface area contributed by atoms with Crippen LogP contribution in [0.5, 0.6) is 0 Å². The highest BCUT2D eigenvalue weighted by molar-refractivity contribution is 6.05. The minimum atomic E-state index is -0.134. The highest BCUT2D eigenvalue weighted by atomic mass is 16.1. The summed E-state index contributed by atoms with van der Waals surface area (Å²) < 4.78 is 0. The molecule has 4 aliphatic carbocycles. The number of carbonyl (C=O) groups excluding carboxylic acids is 3. The molecule has 0 bridgehead atoms. The second-order valence-electron chi connectivity index (χ2n) is 9.98. The molecule has 0 radical (unpaired) electrons. The summed E-state index contributed by atoms with van der Waals surface area (Å²) in [7, 11) is 0. The maximum atomic E-state index is 13.0. The first-order valence-electron chi connectivity index (χ1n) is 10.5. The van der Waals surface area contributed by atoms with E-state index in [0.717, 1.165) is 37.7 Å². The molecule has 0 aromatic carbocycles. The first-order chi connectivity index (χ1) is 12.2. The molecule has 0 spiro atoms. The minimum Gasteiger partial charge on any atom is -0.300 e. The number of hydrogen-bond acceptors (Lipinski definition) is 3. The van der Waals surface area contributed by atoms with E-state index in [1.165, 1.54) is 0 Å². The Balaban J connectivity index is 1.74. The summed E-state index contributed by atoms with van der Waals surface area (Å²) in [6.07, 6.45) is 7.97. The molecular weight excluding hydrogens is 324 g/mol. The quantitative estimate of drug-likeness (QED) is 0.730. The molecule has 0 amide bonds. The molecule has 0 heterocycles. The lowest BCUT2D eigenvalue weighted by atomic mass is 9.46. The summed E-state index contributed by atoms with van der Waals surface area (Å²) in [6.45, 7) is 8.54. The van der Waals surface area contributed by atoms with Gasteiger partial charge in [0.15, 0.2) is 11.6 Å². The number of carbonyl (C=O) groups is 3. The smallest absolute Gasteiger partial charge is 0.159 e. The molecular formula is C23H32O3. The van der Waals surface area contributed by atoms with Crippen LogP contribution < -0.4 is 0 Å². The van der Waals surface area contributed by atoms with E-state index < -0.39 is 0 Å². The standard InChI is InChI=1S/C23H32O3/c1-5-14-10-18-16-12-20(26)19-11-15(25)6-8-22(19,3)17(16)7-9-23(18,4)21(14)13(2)24/h11,14,16-18,21H,5-10,12H2,1-4H3/t14-,16-,17+,18+,21+,22-,23+/m1/s1. The summed E-state index contributed by atoms with van der Waals surface area (Å²) in [4.78, 5) is 37.5. The van der Waals surface area contributed by atoms with Crippen LogP contribution in [-0.4, -0.2) is 17.3 Å². The fourth-order valence-corrected chi connectivity index (χ4v) is 7.76. The molecule has 4 rings (SSSR count). The number of ketones is 3. The van der Waals surface area contributed by atoms with Gasteiger partial charge in [-0.2, -0.15) is 0 Å². The van der Waals surface area contributed by atoms with Gasteiger partial charge in [0.25, 0.3) is 0 Å². The molecule has 3 saturated carbocycles. The van der Waals surface area contributed by atoms with Crippen molar-refractivity contribution in [2.75, 3.05) is 0 Å². The number of allylic oxidation sites excluding steroid dienone is 1. The highest BCUT2D eigenvalue weighted by Crippen LogP contribution is 2.67. The highest BCUT2D eigenvalue weighted by Gasteiger charge is 2.63. The molecule has 26 heavy (non-hydrogen) atoms. The van der Waals surface area contributed by atoms with Crippen molar-refractivity contribution in [3.63, 3.8) is 0 Å². The largest absolute Gasteiger partial charge is 0.300 e. The van der Waals surface area contributed by atoms with E-state index in [9.17, 15) is 14.4 Å². The van der Waals surface area contributed by atoms with Crippen LogP contribution in [-0.2, 0) is 14.4 Å². The molecule has 0 unspecified atom stereocenters. The van der Waals surface area contributed by atoms with Gasteiger partial charge in [-0.3, -0.25) is 14.4 Å². The molecule has 142 valence electrons. The SMILES string of the molecule is CC[C@@H]1C[C@H]2[C@@H]3CC(=O)C4=CC(=O)CC[C@]4(C)[C@H]3CC[C@]2(C)[C@H]1C(C)=O. The monoisotopic (exact) mass is 356 g/mol. The first-order valence-corrected chi connectivity index (χ1v) is 10.5. The van der Waals surface area contributed by atoms with Gasteiger partial charge in [0.1, 0.15) is 5.78 Å². The van der Waals surface area contributed by atoms with Crippen molar-refractivity contribution in [3.8, 4) is 0 Å². The van der Waals surface area contributed by atoms with E-state index in [1.807, 2.05) is 0 Å². The zero-order valence-electron chi connectivity index (χ0n) is 16.6. The molecule has 0 aromatic heterocycles. The predicted molar refractivity (Wildman–Crippen MR) is 100 cm³/mol. The Kier molecular flexibility index (Phi) is 4.09. The molecule has 0 N–H and O–H groups in total. The van der Waals surface area contributed by atoms with Gasteiger partial charge in [-0.15, -0.1) is 0 Å². The Labute approximate surface area is 157 Å². The number of fused-ring (bicyclic) bond motifs is 5. The summed E-state index contributed by atoms with van der Waals surface area (Å²) in [5.41, 5.74) is 0.730. The summed E-state index contributed by atoms with van der Waals surface area (Å²) >= 11 is 0. The van der Waals surface area contributed by atoms with Crippen molar-refractivity contribution < 1.29 is 14.4 Å². The predicted octanol–water partition coefficient (Wildman–Crippen LogP) is 4.54. The van der Waals surface area contributed by atoms with Gasteiger partial charge in [0.2, 0.25) is 0 Å². The average molecular weight is 357 g/mol. The van der Waals surface area contributed by atoms with Crippen LogP contribution in [0.4, 0.5) is 0 Å². The lowest BCUT2D eigenvalue weighted by Gasteiger charge is -2.57. The summed E-state index contributed by atoms with van der Waals surface area (Å²) in [5, 5.41) is 0. The van der Waals surface area contributed by atoms with Crippen LogP contribution in [0.1, 0.15) is 72.6 Å². The maximum absolute atomic E-state index is 13.0. The summed E-state index contributed by atoms with van der Waals surface area (Å²) in [5.74, 6) is 2.63. The van der Waals surface area contributed by atoms with E-state index in [0.29, 0.717) is 42.3 Å². The molecule has 3 heteroatoms. The van der Waals surface area contributed by atoms with Crippen LogP contribution in [0, 0.1) is 40.4 Å². The van der Waals surface area contributed by atoms with E-state index >= 15 is 0 Å². The van der Waals surface area contributed by atoms with E-state index in [2.05, 4.69) is 20.8 Å². The van der Waals surface area contributed by atoms with Gasteiger partial charge in [-0.05, 0) is 73.2 Å². The topological polar surface area (TPSA) is 51.2 Å². The number of Topliss-reactive ketones (excluding diaryl/α,β-unsaturated/α-hetero) is 2. The molecule has 0 aromatic rings. The molecule has 0 aliphatic heterocycles. The fourth-order valence-electron chi connectivity index (χ4n) is 7.76. The summed E-state index contributed by atoms with van der Waals surface area (Å²) in [6, 6.07) is 0. The van der Waals surface area contributed by atoms with Crippen molar-refractivity contribution in [2.24, 2.45) is 40.4 Å². The lowest BCUT2D eigenvalue weighted by molar-refractivity contribution is -0.135. The Bertz CT molecular complexity index is 704. The molecule has 7 atom stereocenters. The first kappa shape index (κ1) is 18.1. The number of hydrogen-bond donors (Lipinski definition) is 0. The van der Waals surface area contributed by atoms with Crippen LogP contribution in [0.3, 0.4) is 0 Å². The van der Waals surface area contributed by atoms with Crippen molar-refractivity contribution >= 4 is 17.3 Å². The Morgan fingerprint density at radius 2 is 1.92 bits per heavy atom. The molecule has 0 saturated heterocycles. The number of rotatable bonds is 2. The Morgan fingerprint density at radius 3 is 2.58 bits per heavy atom. The zero-order valence-corrected chi connectivity index (χ0v) is 16.6. The van der Waals surface area contributed by atoms with E-state index in [1.54, 1.807) is 13.0 Å². The van der Waals surface area contributed by atoms with Gasteiger partial charge in [-0.1, -0.05) is 27.2 Å². The van der Waals surface area contributed by atoms with Gasteiger partial charge in [0, 0.05) is 24.3 Å². The van der Waals surface area contributed by atoms with Gasteiger partial charge in [-0.25, -0.2) is 0 Å². The lowest BCUT2D eigenvalue weighted by Crippen LogP contribution is -2.53. The maximum Gasteiger partial charge on any atom is 0.159 e. The van der Waals surface area contributed by atoms with Gasteiger partial charge >= 0.3 is 0 Å². The molecule has 3 fully saturated rings. The molecule has 3 nitrogen and oxygen atoms in total. The third kappa shape index (κ3) is 2.28. The third-order valence-corrected chi connectivity index (χ3v) is 8.93. The Morgan fingerprint density at radius 1 is 1.19 bits per heavy atom. The van der Waals surface area contributed by atoms with Crippen LogP contribution in [0.25, 0.3) is 0 Å². The molecule has 4 aliphatic rings. The van der Waals surface area contributed by atoms with Crippen molar-refractivity contribution in [1.29, 1.82) is 0 Å². The second kappa shape index (κ2) is 5.87.